The van der Waals surface area contributed by atoms with E-state index in [1.54, 1.807) is 0 Å². The second kappa shape index (κ2) is 11.7. The van der Waals surface area contributed by atoms with Crippen LogP contribution in [0.2, 0.25) is 0 Å². The summed E-state index contributed by atoms with van der Waals surface area (Å²) in [6.45, 7) is 0. The number of fused-ring (bicyclic) bond motifs is 4. The molecule has 0 atom stereocenters. The fraction of sp³-hybridized carbons (Fsp3) is 0. The average molecular weight is 615 g/mol. The molecule has 226 valence electrons. The van der Waals surface area contributed by atoms with Gasteiger partial charge >= 0.3 is 0 Å². The zero-order valence-corrected chi connectivity index (χ0v) is 26.1. The minimum absolute atomic E-state index is 0.657. The summed E-state index contributed by atoms with van der Waals surface area (Å²) in [5, 5.41) is 4.61. The second-order valence-corrected chi connectivity index (χ2v) is 12.1. The van der Waals surface area contributed by atoms with E-state index in [0.717, 1.165) is 44.7 Å². The first-order chi connectivity index (χ1) is 23.8. The summed E-state index contributed by atoms with van der Waals surface area (Å²) < 4.78 is 6.08. The van der Waals surface area contributed by atoms with Crippen molar-refractivity contribution >= 4 is 49.9 Å². The SMILES string of the molecule is c1ccc(-c2ccc(N(c3ccc(-c4ccc5ccccc5c4)cc3)c3ccc(-c4ccc5c(n4)oc4ccccc45)cc3)cc2)cc1. The zero-order chi connectivity index (χ0) is 31.9. The maximum absolute atomic E-state index is 6.08. The molecular weight excluding hydrogens is 585 g/mol. The van der Waals surface area contributed by atoms with Crippen LogP contribution in [0.25, 0.3) is 66.4 Å². The van der Waals surface area contributed by atoms with Crippen molar-refractivity contribution in [2.24, 2.45) is 0 Å². The molecule has 9 rings (SSSR count). The lowest BCUT2D eigenvalue weighted by atomic mass is 10.0. The van der Waals surface area contributed by atoms with Crippen LogP contribution in [0, 0.1) is 0 Å². The number of furan rings is 1. The van der Waals surface area contributed by atoms with Crippen molar-refractivity contribution in [1.82, 2.24) is 4.98 Å². The Bertz CT molecular complexity index is 2530. The van der Waals surface area contributed by atoms with Crippen LogP contribution in [0.4, 0.5) is 17.1 Å². The van der Waals surface area contributed by atoms with E-state index in [1.165, 1.54) is 33.0 Å². The van der Waals surface area contributed by atoms with E-state index in [0.29, 0.717) is 5.71 Å². The number of nitrogens with zero attached hydrogens (tertiary/aromatic N) is 2. The van der Waals surface area contributed by atoms with Crippen molar-refractivity contribution in [2.45, 2.75) is 0 Å². The normalized spacial score (nSPS) is 11.3. The van der Waals surface area contributed by atoms with E-state index in [-0.39, 0.29) is 0 Å². The lowest BCUT2D eigenvalue weighted by Crippen LogP contribution is -2.09. The maximum atomic E-state index is 6.08. The first kappa shape index (κ1) is 27.8. The molecule has 0 N–H and O–H groups in total. The summed E-state index contributed by atoms with van der Waals surface area (Å²) in [6, 6.07) is 64.2. The third-order valence-electron chi connectivity index (χ3n) is 9.11. The number of para-hydroxylation sites is 1. The quantitative estimate of drug-likeness (QED) is 0.187. The molecular formula is C45H30N2O. The van der Waals surface area contributed by atoms with Gasteiger partial charge in [-0.3, -0.25) is 0 Å². The lowest BCUT2D eigenvalue weighted by molar-refractivity contribution is 0.654. The van der Waals surface area contributed by atoms with Crippen molar-refractivity contribution in [3.63, 3.8) is 0 Å². The summed E-state index contributed by atoms with van der Waals surface area (Å²) >= 11 is 0. The number of anilines is 3. The first-order valence-electron chi connectivity index (χ1n) is 16.2. The number of benzene rings is 7. The Kier molecular flexibility index (Phi) is 6.80. The highest BCUT2D eigenvalue weighted by Crippen LogP contribution is 2.38. The maximum Gasteiger partial charge on any atom is 0.227 e. The van der Waals surface area contributed by atoms with E-state index in [9.17, 15) is 0 Å². The molecule has 0 saturated heterocycles. The van der Waals surface area contributed by atoms with E-state index < -0.39 is 0 Å². The fourth-order valence-corrected chi connectivity index (χ4v) is 6.60. The molecule has 7 aromatic carbocycles. The monoisotopic (exact) mass is 614 g/mol. The molecule has 2 heterocycles. The van der Waals surface area contributed by atoms with Gasteiger partial charge in [0.2, 0.25) is 5.71 Å². The van der Waals surface area contributed by atoms with Crippen LogP contribution in [-0.2, 0) is 0 Å². The molecule has 0 amide bonds. The molecule has 48 heavy (non-hydrogen) atoms. The van der Waals surface area contributed by atoms with E-state index in [4.69, 9.17) is 9.40 Å². The molecule has 2 aromatic heterocycles. The number of pyridine rings is 1. The largest absolute Gasteiger partial charge is 0.438 e. The molecule has 0 aliphatic carbocycles. The van der Waals surface area contributed by atoms with Gasteiger partial charge in [-0.05, 0) is 93.7 Å². The molecule has 0 radical (unpaired) electrons. The van der Waals surface area contributed by atoms with Crippen molar-refractivity contribution in [3.05, 3.63) is 182 Å². The van der Waals surface area contributed by atoms with Gasteiger partial charge in [0.05, 0.1) is 5.69 Å². The van der Waals surface area contributed by atoms with Gasteiger partial charge in [-0.2, -0.15) is 0 Å². The predicted molar refractivity (Wildman–Crippen MR) is 200 cm³/mol. The van der Waals surface area contributed by atoms with Crippen molar-refractivity contribution in [1.29, 1.82) is 0 Å². The summed E-state index contributed by atoms with van der Waals surface area (Å²) in [5.41, 5.74) is 11.4. The average Bonchev–Trinajstić information content (AvgIpc) is 3.54. The highest BCUT2D eigenvalue weighted by atomic mass is 16.3. The van der Waals surface area contributed by atoms with Crippen LogP contribution in [0.3, 0.4) is 0 Å². The first-order valence-corrected chi connectivity index (χ1v) is 16.2. The molecule has 9 aromatic rings. The molecule has 0 unspecified atom stereocenters. The van der Waals surface area contributed by atoms with Crippen molar-refractivity contribution < 1.29 is 4.42 Å². The van der Waals surface area contributed by atoms with Gasteiger partial charge in [0.15, 0.2) is 0 Å². The van der Waals surface area contributed by atoms with Gasteiger partial charge in [0.1, 0.15) is 5.58 Å². The summed E-state index contributed by atoms with van der Waals surface area (Å²) in [7, 11) is 0. The smallest absolute Gasteiger partial charge is 0.227 e. The Hall–Kier alpha value is -6.45. The third-order valence-corrected chi connectivity index (χ3v) is 9.11. The molecule has 0 bridgehead atoms. The standard InChI is InChI=1S/C45H30N2O/c1-2-8-31(9-3-1)33-16-22-38(23-17-33)47(39-24-18-34(19-25-39)37-15-14-32-10-4-5-11-36(32)30-37)40-26-20-35(21-27-40)43-29-28-42-41-12-6-7-13-44(41)48-45(42)46-43/h1-30H. The number of aromatic nitrogens is 1. The van der Waals surface area contributed by atoms with E-state index >= 15 is 0 Å². The highest BCUT2D eigenvalue weighted by molar-refractivity contribution is 6.04. The topological polar surface area (TPSA) is 29.3 Å². The summed E-state index contributed by atoms with van der Waals surface area (Å²) in [4.78, 5) is 7.19. The Balaban J connectivity index is 1.08. The van der Waals surface area contributed by atoms with Crippen LogP contribution in [0.1, 0.15) is 0 Å². The van der Waals surface area contributed by atoms with Crippen LogP contribution in [0.5, 0.6) is 0 Å². The van der Waals surface area contributed by atoms with Crippen LogP contribution < -0.4 is 4.90 Å². The predicted octanol–water partition coefficient (Wildman–Crippen LogP) is 12.6. The van der Waals surface area contributed by atoms with Crippen molar-refractivity contribution in [3.8, 4) is 33.5 Å². The summed E-state index contributed by atoms with van der Waals surface area (Å²) in [6.07, 6.45) is 0. The van der Waals surface area contributed by atoms with Crippen LogP contribution in [-0.4, -0.2) is 4.98 Å². The minimum atomic E-state index is 0.657. The summed E-state index contributed by atoms with van der Waals surface area (Å²) in [5.74, 6) is 0. The third kappa shape index (κ3) is 5.08. The number of hydrogen-bond acceptors (Lipinski definition) is 3. The van der Waals surface area contributed by atoms with E-state index in [2.05, 4.69) is 169 Å². The molecule has 3 nitrogen and oxygen atoms in total. The highest BCUT2D eigenvalue weighted by Gasteiger charge is 2.15. The fourth-order valence-electron chi connectivity index (χ4n) is 6.60. The van der Waals surface area contributed by atoms with Gasteiger partial charge < -0.3 is 9.32 Å². The molecule has 0 aliphatic rings. The number of hydrogen-bond donors (Lipinski definition) is 0. The van der Waals surface area contributed by atoms with Gasteiger partial charge in [-0.1, -0.05) is 121 Å². The van der Waals surface area contributed by atoms with Crippen LogP contribution in [0.15, 0.2) is 186 Å². The second-order valence-electron chi connectivity index (χ2n) is 12.1. The molecule has 0 saturated carbocycles. The van der Waals surface area contributed by atoms with Gasteiger partial charge in [0, 0.05) is 33.4 Å². The molecule has 0 aliphatic heterocycles. The molecule has 3 heteroatoms. The zero-order valence-electron chi connectivity index (χ0n) is 26.1. The Morgan fingerprint density at radius 3 is 1.62 bits per heavy atom. The number of rotatable bonds is 6. The van der Waals surface area contributed by atoms with Gasteiger partial charge in [-0.25, -0.2) is 4.98 Å². The van der Waals surface area contributed by atoms with Gasteiger partial charge in [0.25, 0.3) is 0 Å². The lowest BCUT2D eigenvalue weighted by Gasteiger charge is -2.26. The molecule has 0 fully saturated rings. The van der Waals surface area contributed by atoms with Crippen molar-refractivity contribution in [2.75, 3.05) is 4.90 Å². The Morgan fingerprint density at radius 1 is 0.375 bits per heavy atom. The van der Waals surface area contributed by atoms with Crippen LogP contribution >= 0.6 is 0 Å². The Morgan fingerprint density at radius 2 is 0.917 bits per heavy atom. The Labute approximate surface area is 279 Å². The molecule has 0 spiro atoms. The van der Waals surface area contributed by atoms with Gasteiger partial charge in [-0.15, -0.1) is 0 Å². The minimum Gasteiger partial charge on any atom is -0.438 e. The van der Waals surface area contributed by atoms with E-state index in [1.807, 2.05) is 18.2 Å².